The van der Waals surface area contributed by atoms with Crippen LogP contribution in [0.5, 0.6) is 0 Å². The minimum absolute atomic E-state index is 0.114. The van der Waals surface area contributed by atoms with Crippen LogP contribution >= 0.6 is 11.6 Å². The van der Waals surface area contributed by atoms with Crippen LogP contribution in [0.1, 0.15) is 23.9 Å². The van der Waals surface area contributed by atoms with Gasteiger partial charge in [-0.15, -0.1) is 0 Å². The van der Waals surface area contributed by atoms with Gasteiger partial charge in [-0.2, -0.15) is 14.0 Å². The van der Waals surface area contributed by atoms with E-state index < -0.39 is 35.6 Å². The highest BCUT2D eigenvalue weighted by Gasteiger charge is 2.57. The molecular weight excluding hydrogens is 425 g/mol. The summed E-state index contributed by atoms with van der Waals surface area (Å²) in [6.07, 6.45) is 1.62. The topological polar surface area (TPSA) is 117 Å². The quantitative estimate of drug-likeness (QED) is 0.717. The number of amidine groups is 1. The Bertz CT molecular complexity index is 1070. The predicted octanol–water partition coefficient (Wildman–Crippen LogP) is 2.50. The fourth-order valence-corrected chi connectivity index (χ4v) is 3.00. The number of carbonyl (C=O) groups is 1. The van der Waals surface area contributed by atoms with Crippen molar-refractivity contribution in [3.05, 3.63) is 52.2 Å². The van der Waals surface area contributed by atoms with Crippen LogP contribution in [0.2, 0.25) is 5.02 Å². The molecule has 1 unspecified atom stereocenters. The van der Waals surface area contributed by atoms with E-state index >= 15 is 0 Å². The van der Waals surface area contributed by atoms with Gasteiger partial charge in [-0.25, -0.2) is 14.4 Å². The number of nitrogens with two attached hydrogens (primary N) is 1. The Morgan fingerprint density at radius 1 is 1.47 bits per heavy atom. The summed E-state index contributed by atoms with van der Waals surface area (Å²) in [7, 11) is 0. The number of amides is 1. The molecule has 30 heavy (non-hydrogen) atoms. The normalized spacial score (nSPS) is 19.9. The second kappa shape index (κ2) is 7.79. The number of pyridine rings is 2. The highest BCUT2D eigenvalue weighted by Crippen LogP contribution is 2.44. The first-order valence-corrected chi connectivity index (χ1v) is 8.78. The van der Waals surface area contributed by atoms with Crippen LogP contribution in [-0.4, -0.2) is 34.9 Å². The van der Waals surface area contributed by atoms with E-state index in [4.69, 9.17) is 22.6 Å². The third kappa shape index (κ3) is 3.73. The number of hydrogen-bond donors (Lipinski definition) is 1. The lowest BCUT2D eigenvalue weighted by Crippen LogP contribution is -2.51. The molecule has 2 aromatic rings. The molecule has 156 valence electrons. The lowest BCUT2D eigenvalue weighted by Gasteiger charge is -2.36. The molecular formula is C18H14ClF3N6O2. The van der Waals surface area contributed by atoms with Crippen LogP contribution in [0, 0.1) is 17.1 Å². The molecule has 12 heteroatoms. The van der Waals surface area contributed by atoms with Crippen LogP contribution < -0.4 is 10.6 Å². The molecule has 2 N–H and O–H groups in total. The van der Waals surface area contributed by atoms with Crippen molar-refractivity contribution >= 4 is 29.9 Å². The molecule has 3 rings (SSSR count). The molecule has 1 aliphatic rings. The molecule has 2 aromatic heterocycles. The molecule has 1 atom stereocenters. The second-order valence-corrected chi connectivity index (χ2v) is 6.92. The van der Waals surface area contributed by atoms with Crippen LogP contribution in [0.15, 0.2) is 29.4 Å². The number of anilines is 1. The predicted molar refractivity (Wildman–Crippen MR) is 100 cm³/mol. The van der Waals surface area contributed by atoms with E-state index in [9.17, 15) is 18.0 Å². The number of halogens is 4. The zero-order chi connectivity index (χ0) is 22.1. The van der Waals surface area contributed by atoms with Gasteiger partial charge in [0.25, 0.3) is 6.02 Å². The monoisotopic (exact) mass is 438 g/mol. The molecule has 1 aliphatic heterocycles. The number of aliphatic imine (C=N–C) groups is 1. The number of hydrogen-bond acceptors (Lipinski definition) is 7. The van der Waals surface area contributed by atoms with Gasteiger partial charge in [-0.05, 0) is 25.1 Å². The van der Waals surface area contributed by atoms with Gasteiger partial charge in [0.1, 0.15) is 23.4 Å². The Morgan fingerprint density at radius 2 is 2.20 bits per heavy atom. The van der Waals surface area contributed by atoms with Gasteiger partial charge < -0.3 is 10.5 Å². The van der Waals surface area contributed by atoms with Gasteiger partial charge in [0.15, 0.2) is 12.1 Å². The summed E-state index contributed by atoms with van der Waals surface area (Å²) in [5.41, 5.74) is 2.70. The number of aromatic nitrogens is 2. The fraction of sp³-hybridized carbons (Fsp3) is 0.278. The standard InChI is InChI=1S/C18H14ClF3N6O2/c1-17(18(21,22)8-30-16(24)27-17)15-12(20)2-3-14(26-15)28(9-29)7-13-11(19)4-10(5-23)6-25-13/h2-4,6,9H,7-8H2,1H3,(H2,24,27). The molecule has 8 nitrogen and oxygen atoms in total. The molecule has 0 bridgehead atoms. The lowest BCUT2D eigenvalue weighted by atomic mass is 9.89. The van der Waals surface area contributed by atoms with Gasteiger partial charge in [0.05, 0.1) is 22.8 Å². The van der Waals surface area contributed by atoms with Crippen molar-refractivity contribution in [2.24, 2.45) is 10.7 Å². The summed E-state index contributed by atoms with van der Waals surface area (Å²) in [6.45, 7) is -0.331. The number of nitrogens with zero attached hydrogens (tertiary/aromatic N) is 5. The van der Waals surface area contributed by atoms with Crippen LogP contribution in [0.4, 0.5) is 19.0 Å². The minimum Gasteiger partial charge on any atom is -0.459 e. The zero-order valence-electron chi connectivity index (χ0n) is 15.4. The van der Waals surface area contributed by atoms with Gasteiger partial charge in [0, 0.05) is 6.20 Å². The number of carbonyl (C=O) groups excluding carboxylic acids is 1. The Hall–Kier alpha value is -3.39. The number of alkyl halides is 2. The highest BCUT2D eigenvalue weighted by atomic mass is 35.5. The van der Waals surface area contributed by atoms with E-state index in [1.165, 1.54) is 12.3 Å². The first-order valence-electron chi connectivity index (χ1n) is 8.40. The van der Waals surface area contributed by atoms with E-state index in [-0.39, 0.29) is 28.6 Å². The first-order chi connectivity index (χ1) is 14.1. The van der Waals surface area contributed by atoms with Gasteiger partial charge in [0.2, 0.25) is 6.41 Å². The maximum absolute atomic E-state index is 14.5. The van der Waals surface area contributed by atoms with Gasteiger partial charge in [-0.1, -0.05) is 11.6 Å². The first kappa shape index (κ1) is 21.3. The van der Waals surface area contributed by atoms with Crippen molar-refractivity contribution in [3.63, 3.8) is 0 Å². The van der Waals surface area contributed by atoms with Gasteiger partial charge >= 0.3 is 5.92 Å². The SMILES string of the molecule is CC1(c2nc(N(C=O)Cc3ncc(C#N)cc3Cl)ccc2F)N=C(N)OCC1(F)F. The molecule has 0 fully saturated rings. The largest absolute Gasteiger partial charge is 0.459 e. The maximum atomic E-state index is 14.5. The Labute approximate surface area is 173 Å². The number of ether oxygens (including phenoxy) is 1. The molecule has 3 heterocycles. The molecule has 0 radical (unpaired) electrons. The third-order valence-corrected chi connectivity index (χ3v) is 4.86. The molecule has 0 aliphatic carbocycles. The average molecular weight is 439 g/mol. The van der Waals surface area contributed by atoms with Crippen LogP contribution in [0.3, 0.4) is 0 Å². The summed E-state index contributed by atoms with van der Waals surface area (Å²) < 4.78 is 48.2. The zero-order valence-corrected chi connectivity index (χ0v) is 16.2. The van der Waals surface area contributed by atoms with Gasteiger partial charge in [-0.3, -0.25) is 14.7 Å². The molecule has 0 saturated heterocycles. The minimum atomic E-state index is -3.62. The van der Waals surface area contributed by atoms with E-state index in [0.717, 1.165) is 24.0 Å². The maximum Gasteiger partial charge on any atom is 0.311 e. The summed E-state index contributed by atoms with van der Waals surface area (Å²) in [6, 6.07) is 4.73. The smallest absolute Gasteiger partial charge is 0.311 e. The van der Waals surface area contributed by atoms with Crippen LogP contribution in [0.25, 0.3) is 0 Å². The van der Waals surface area contributed by atoms with Crippen LogP contribution in [-0.2, 0) is 21.6 Å². The van der Waals surface area contributed by atoms with E-state index in [0.29, 0.717) is 6.41 Å². The molecule has 0 spiro atoms. The van der Waals surface area contributed by atoms with E-state index in [2.05, 4.69) is 19.7 Å². The van der Waals surface area contributed by atoms with Crippen molar-refractivity contribution in [2.45, 2.75) is 24.9 Å². The molecule has 1 amide bonds. The molecule has 0 aromatic carbocycles. The fourth-order valence-electron chi connectivity index (χ4n) is 2.78. The lowest BCUT2D eigenvalue weighted by molar-refractivity contribution is -0.118. The third-order valence-electron chi connectivity index (χ3n) is 4.53. The highest BCUT2D eigenvalue weighted by molar-refractivity contribution is 6.31. The molecule has 0 saturated carbocycles. The van der Waals surface area contributed by atoms with Crippen molar-refractivity contribution < 1.29 is 22.7 Å². The van der Waals surface area contributed by atoms with E-state index in [1.807, 2.05) is 6.07 Å². The Kier molecular flexibility index (Phi) is 5.54. The van der Waals surface area contributed by atoms with Crippen molar-refractivity contribution in [1.29, 1.82) is 5.26 Å². The van der Waals surface area contributed by atoms with Crippen molar-refractivity contribution in [1.82, 2.24) is 9.97 Å². The summed E-state index contributed by atoms with van der Waals surface area (Å²) >= 11 is 6.07. The van der Waals surface area contributed by atoms with Crippen molar-refractivity contribution in [2.75, 3.05) is 11.5 Å². The van der Waals surface area contributed by atoms with Crippen molar-refractivity contribution in [3.8, 4) is 6.07 Å². The summed E-state index contributed by atoms with van der Waals surface area (Å²) in [5.74, 6) is -4.81. The number of nitriles is 1. The Morgan fingerprint density at radius 3 is 2.83 bits per heavy atom. The number of rotatable bonds is 5. The Balaban J connectivity index is 2.02. The average Bonchev–Trinajstić information content (AvgIpc) is 2.71. The summed E-state index contributed by atoms with van der Waals surface area (Å²) in [5, 5.41) is 8.99. The second-order valence-electron chi connectivity index (χ2n) is 6.51. The van der Waals surface area contributed by atoms with E-state index in [1.54, 1.807) is 0 Å². The summed E-state index contributed by atoms with van der Waals surface area (Å²) in [4.78, 5) is 24.2.